The predicted molar refractivity (Wildman–Crippen MR) is 92.6 cm³/mol. The molecule has 2 aliphatic carbocycles. The Kier molecular flexibility index (Phi) is 4.17. The van der Waals surface area contributed by atoms with E-state index in [0.29, 0.717) is 6.04 Å². The summed E-state index contributed by atoms with van der Waals surface area (Å²) < 4.78 is 13.6. The van der Waals surface area contributed by atoms with E-state index in [-0.39, 0.29) is 17.9 Å². The molecule has 1 fully saturated rings. The third-order valence-corrected chi connectivity index (χ3v) is 5.43. The number of rotatable bonds is 2. The van der Waals surface area contributed by atoms with Crippen LogP contribution in [-0.4, -0.2) is 23.1 Å². The Morgan fingerprint density at radius 2 is 1.88 bits per heavy atom. The number of urea groups is 1. The number of nitrogens with one attached hydrogen (secondary N) is 3. The fourth-order valence-corrected chi connectivity index (χ4v) is 4.17. The second-order valence-electron chi connectivity index (χ2n) is 7.16. The molecule has 2 aliphatic rings. The number of carbonyl (C=O) groups excluding carboxylic acids is 1. The highest BCUT2D eigenvalue weighted by atomic mass is 19.1. The summed E-state index contributed by atoms with van der Waals surface area (Å²) in [6, 6.07) is 5.25. The Hall–Kier alpha value is -2.04. The number of hydrogen-bond acceptors (Lipinski definition) is 1. The van der Waals surface area contributed by atoms with Crippen molar-refractivity contribution in [3.63, 3.8) is 0 Å². The summed E-state index contributed by atoms with van der Waals surface area (Å²) >= 11 is 0. The highest BCUT2D eigenvalue weighted by molar-refractivity contribution is 5.85. The monoisotopic (exact) mass is 329 g/mol. The largest absolute Gasteiger partial charge is 0.358 e. The number of carbonyl (C=O) groups is 1. The lowest BCUT2D eigenvalue weighted by atomic mass is 9.91. The first-order valence-electron chi connectivity index (χ1n) is 9.05. The van der Waals surface area contributed by atoms with Crippen molar-refractivity contribution in [2.45, 2.75) is 63.5 Å². The average Bonchev–Trinajstić information content (AvgIpc) is 2.93. The quantitative estimate of drug-likeness (QED) is 0.771. The van der Waals surface area contributed by atoms with E-state index in [1.165, 1.54) is 31.0 Å². The van der Waals surface area contributed by atoms with Gasteiger partial charge in [-0.25, -0.2) is 9.18 Å². The lowest BCUT2D eigenvalue weighted by Crippen LogP contribution is -2.48. The third-order valence-electron chi connectivity index (χ3n) is 5.43. The first kappa shape index (κ1) is 15.5. The molecule has 0 bridgehead atoms. The number of aromatic amines is 1. The molecule has 0 spiro atoms. The molecule has 24 heavy (non-hydrogen) atoms. The second-order valence-corrected chi connectivity index (χ2v) is 7.16. The molecular formula is C19H24FN3O. The molecule has 5 heteroatoms. The van der Waals surface area contributed by atoms with E-state index in [2.05, 4.69) is 15.6 Å². The van der Waals surface area contributed by atoms with E-state index >= 15 is 0 Å². The van der Waals surface area contributed by atoms with Crippen molar-refractivity contribution < 1.29 is 9.18 Å². The van der Waals surface area contributed by atoms with Gasteiger partial charge in [0.25, 0.3) is 0 Å². The van der Waals surface area contributed by atoms with Crippen LogP contribution in [0, 0.1) is 5.82 Å². The molecule has 0 radical (unpaired) electrons. The van der Waals surface area contributed by atoms with Crippen LogP contribution in [0.25, 0.3) is 10.9 Å². The van der Waals surface area contributed by atoms with Gasteiger partial charge in [-0.1, -0.05) is 19.3 Å². The molecule has 0 saturated heterocycles. The molecule has 1 aromatic heterocycles. The van der Waals surface area contributed by atoms with Crippen molar-refractivity contribution in [3.8, 4) is 0 Å². The molecule has 1 unspecified atom stereocenters. The van der Waals surface area contributed by atoms with Crippen molar-refractivity contribution in [3.05, 3.63) is 35.3 Å². The van der Waals surface area contributed by atoms with Crippen molar-refractivity contribution in [2.24, 2.45) is 0 Å². The maximum absolute atomic E-state index is 13.6. The molecule has 2 amide bonds. The summed E-state index contributed by atoms with van der Waals surface area (Å²) in [5, 5.41) is 7.18. The molecule has 0 aliphatic heterocycles. The Balaban J connectivity index is 1.43. The maximum atomic E-state index is 13.6. The number of halogens is 1. The number of hydrogen-bond donors (Lipinski definition) is 3. The zero-order valence-electron chi connectivity index (χ0n) is 13.8. The number of fused-ring (bicyclic) bond motifs is 3. The maximum Gasteiger partial charge on any atom is 0.315 e. The number of benzene rings is 1. The lowest BCUT2D eigenvalue weighted by Gasteiger charge is -2.27. The Morgan fingerprint density at radius 3 is 2.71 bits per heavy atom. The molecule has 4 nitrogen and oxygen atoms in total. The van der Waals surface area contributed by atoms with Crippen LogP contribution in [0.1, 0.15) is 49.8 Å². The van der Waals surface area contributed by atoms with Gasteiger partial charge in [0.1, 0.15) is 5.82 Å². The molecule has 1 saturated carbocycles. The molecule has 1 aromatic carbocycles. The van der Waals surface area contributed by atoms with Crippen molar-refractivity contribution in [1.82, 2.24) is 15.6 Å². The minimum Gasteiger partial charge on any atom is -0.358 e. The molecule has 2 aromatic rings. The van der Waals surface area contributed by atoms with Crippen LogP contribution < -0.4 is 10.6 Å². The van der Waals surface area contributed by atoms with E-state index in [1.54, 1.807) is 12.1 Å². The first-order chi connectivity index (χ1) is 11.7. The molecular weight excluding hydrogens is 305 g/mol. The molecule has 3 N–H and O–H groups in total. The van der Waals surface area contributed by atoms with Crippen molar-refractivity contribution >= 4 is 16.9 Å². The SMILES string of the molecule is O=C(NC1CCCCC1)NC1CCc2[nH]c3ccc(F)cc3c2C1. The van der Waals surface area contributed by atoms with Gasteiger partial charge in [-0.2, -0.15) is 0 Å². The van der Waals surface area contributed by atoms with E-state index in [1.807, 2.05) is 0 Å². The summed E-state index contributed by atoms with van der Waals surface area (Å²) in [6.07, 6.45) is 8.44. The summed E-state index contributed by atoms with van der Waals surface area (Å²) in [6.45, 7) is 0. The topological polar surface area (TPSA) is 56.9 Å². The number of aromatic nitrogens is 1. The van der Waals surface area contributed by atoms with Gasteiger partial charge in [0, 0.05) is 28.7 Å². The highest BCUT2D eigenvalue weighted by Gasteiger charge is 2.25. The van der Waals surface area contributed by atoms with Crippen LogP contribution in [-0.2, 0) is 12.8 Å². The van der Waals surface area contributed by atoms with Gasteiger partial charge in [0.15, 0.2) is 0 Å². The molecule has 1 heterocycles. The normalized spacial score (nSPS) is 21.5. The zero-order valence-corrected chi connectivity index (χ0v) is 13.8. The average molecular weight is 329 g/mol. The van der Waals surface area contributed by atoms with Gasteiger partial charge in [-0.3, -0.25) is 0 Å². The van der Waals surface area contributed by atoms with Crippen LogP contribution >= 0.6 is 0 Å². The van der Waals surface area contributed by atoms with Crippen molar-refractivity contribution in [2.75, 3.05) is 0 Å². The van der Waals surface area contributed by atoms with Crippen LogP contribution in [0.5, 0.6) is 0 Å². The Morgan fingerprint density at radius 1 is 1.08 bits per heavy atom. The molecule has 4 rings (SSSR count). The molecule has 128 valence electrons. The van der Waals surface area contributed by atoms with Gasteiger partial charge in [-0.15, -0.1) is 0 Å². The van der Waals surface area contributed by atoms with Crippen molar-refractivity contribution in [1.29, 1.82) is 0 Å². The van der Waals surface area contributed by atoms with Crippen LogP contribution in [0.15, 0.2) is 18.2 Å². The van der Waals surface area contributed by atoms with Gasteiger partial charge >= 0.3 is 6.03 Å². The first-order valence-corrected chi connectivity index (χ1v) is 9.05. The minimum absolute atomic E-state index is 0.0543. The van der Waals surface area contributed by atoms with E-state index in [0.717, 1.165) is 48.6 Å². The van der Waals surface area contributed by atoms with Crippen LogP contribution in [0.3, 0.4) is 0 Å². The fourth-order valence-electron chi connectivity index (χ4n) is 4.17. The van der Waals surface area contributed by atoms with Gasteiger partial charge < -0.3 is 15.6 Å². The summed E-state index contributed by atoms with van der Waals surface area (Å²) in [7, 11) is 0. The van der Waals surface area contributed by atoms with Gasteiger partial charge in [0.05, 0.1) is 0 Å². The van der Waals surface area contributed by atoms with Crippen LogP contribution in [0.4, 0.5) is 9.18 Å². The lowest BCUT2D eigenvalue weighted by molar-refractivity contribution is 0.227. The van der Waals surface area contributed by atoms with Gasteiger partial charge in [0.2, 0.25) is 0 Å². The number of aryl methyl sites for hydroxylation is 1. The molecule has 1 atom stereocenters. The van der Waals surface area contributed by atoms with Gasteiger partial charge in [-0.05, 0) is 55.9 Å². The summed E-state index contributed by atoms with van der Waals surface area (Å²) in [4.78, 5) is 15.6. The smallest absolute Gasteiger partial charge is 0.315 e. The minimum atomic E-state index is -0.213. The second kappa shape index (κ2) is 6.46. The van der Waals surface area contributed by atoms with E-state index < -0.39 is 0 Å². The highest BCUT2D eigenvalue weighted by Crippen LogP contribution is 2.29. The predicted octanol–water partition coefficient (Wildman–Crippen LogP) is 3.80. The van der Waals surface area contributed by atoms with E-state index in [4.69, 9.17) is 0 Å². The Bertz CT molecular complexity index is 748. The third kappa shape index (κ3) is 3.12. The zero-order chi connectivity index (χ0) is 16.5. The van der Waals surface area contributed by atoms with Crippen LogP contribution in [0.2, 0.25) is 0 Å². The summed E-state index contributed by atoms with van der Waals surface area (Å²) in [5.41, 5.74) is 3.31. The Labute approximate surface area is 141 Å². The summed E-state index contributed by atoms with van der Waals surface area (Å²) in [5.74, 6) is -0.213. The fraction of sp³-hybridized carbons (Fsp3) is 0.526. The van der Waals surface area contributed by atoms with E-state index in [9.17, 15) is 9.18 Å². The standard InChI is InChI=1S/C19H24FN3O/c20-12-6-8-17-15(10-12)16-11-14(7-9-18(16)23-17)22-19(24)21-13-4-2-1-3-5-13/h6,8,10,13-14,23H,1-5,7,9,11H2,(H2,21,22,24). The number of H-pyrrole nitrogens is 1. The number of amides is 2.